The lowest BCUT2D eigenvalue weighted by molar-refractivity contribution is 0.508. The molecule has 88 valence electrons. The lowest BCUT2D eigenvalue weighted by Crippen LogP contribution is -2.28. The van der Waals surface area contributed by atoms with E-state index in [1.54, 1.807) is 6.07 Å². The molecule has 1 aromatic heterocycles. The number of rotatable bonds is 1. The summed E-state index contributed by atoms with van der Waals surface area (Å²) in [5.41, 5.74) is 2.09. The van der Waals surface area contributed by atoms with Gasteiger partial charge in [-0.25, -0.2) is 4.98 Å². The molecule has 1 aromatic carbocycles. The van der Waals surface area contributed by atoms with E-state index in [2.05, 4.69) is 14.9 Å². The van der Waals surface area contributed by atoms with Gasteiger partial charge in [0.25, 0.3) is 0 Å². The number of imidazole rings is 1. The highest BCUT2D eigenvalue weighted by Crippen LogP contribution is 2.28. The van der Waals surface area contributed by atoms with E-state index in [4.69, 9.17) is 23.2 Å². The van der Waals surface area contributed by atoms with Gasteiger partial charge in [0, 0.05) is 28.7 Å². The van der Waals surface area contributed by atoms with Gasteiger partial charge in [0.1, 0.15) is 5.82 Å². The summed E-state index contributed by atoms with van der Waals surface area (Å²) in [5, 5.41) is 4.59. The SMILES string of the molecule is Clc1cc(Cl)cc(-c2cnc3n2CCNC3)c1. The van der Waals surface area contributed by atoms with Crippen LogP contribution in [0.2, 0.25) is 10.0 Å². The van der Waals surface area contributed by atoms with Crippen LogP contribution >= 0.6 is 23.2 Å². The summed E-state index contributed by atoms with van der Waals surface area (Å²) >= 11 is 12.0. The molecule has 0 bridgehead atoms. The lowest BCUT2D eigenvalue weighted by Gasteiger charge is -2.17. The number of nitrogens with zero attached hydrogens (tertiary/aromatic N) is 2. The zero-order valence-corrected chi connectivity index (χ0v) is 10.6. The molecule has 2 aromatic rings. The summed E-state index contributed by atoms with van der Waals surface area (Å²) in [6, 6.07) is 5.57. The van der Waals surface area contributed by atoms with Crippen molar-refractivity contribution in [3.8, 4) is 11.3 Å². The number of hydrogen-bond acceptors (Lipinski definition) is 2. The minimum atomic E-state index is 0.650. The predicted octanol–water partition coefficient (Wildman–Crippen LogP) is 2.96. The highest BCUT2D eigenvalue weighted by Gasteiger charge is 2.15. The van der Waals surface area contributed by atoms with E-state index >= 15 is 0 Å². The average Bonchev–Trinajstić information content (AvgIpc) is 2.71. The molecule has 0 saturated heterocycles. The zero-order chi connectivity index (χ0) is 11.8. The molecule has 5 heteroatoms. The second-order valence-electron chi connectivity index (χ2n) is 4.05. The van der Waals surface area contributed by atoms with Crippen molar-refractivity contribution >= 4 is 23.2 Å². The van der Waals surface area contributed by atoms with Crippen LogP contribution in [0.4, 0.5) is 0 Å². The van der Waals surface area contributed by atoms with Gasteiger partial charge in [-0.15, -0.1) is 0 Å². The van der Waals surface area contributed by atoms with Crippen LogP contribution in [0.5, 0.6) is 0 Å². The largest absolute Gasteiger partial charge is 0.326 e. The third-order valence-electron chi connectivity index (χ3n) is 2.89. The topological polar surface area (TPSA) is 29.9 Å². The lowest BCUT2D eigenvalue weighted by atomic mass is 10.1. The fraction of sp³-hybridized carbons (Fsp3) is 0.250. The first kappa shape index (κ1) is 11.1. The summed E-state index contributed by atoms with van der Waals surface area (Å²) in [6.45, 7) is 2.70. The molecule has 17 heavy (non-hydrogen) atoms. The van der Waals surface area contributed by atoms with Crippen LogP contribution in [0.3, 0.4) is 0 Å². The van der Waals surface area contributed by atoms with Crippen LogP contribution in [-0.4, -0.2) is 16.1 Å². The Morgan fingerprint density at radius 3 is 2.71 bits per heavy atom. The van der Waals surface area contributed by atoms with E-state index in [-0.39, 0.29) is 0 Å². The highest BCUT2D eigenvalue weighted by atomic mass is 35.5. The molecule has 0 amide bonds. The van der Waals surface area contributed by atoms with Crippen molar-refractivity contribution in [2.45, 2.75) is 13.1 Å². The van der Waals surface area contributed by atoms with Crippen molar-refractivity contribution in [1.29, 1.82) is 0 Å². The summed E-state index contributed by atoms with van der Waals surface area (Å²) in [6.07, 6.45) is 1.88. The van der Waals surface area contributed by atoms with Crippen molar-refractivity contribution in [3.63, 3.8) is 0 Å². The minimum Gasteiger partial charge on any atom is -0.326 e. The molecule has 0 unspecified atom stereocenters. The molecular weight excluding hydrogens is 257 g/mol. The molecule has 1 aliphatic heterocycles. The van der Waals surface area contributed by atoms with Gasteiger partial charge >= 0.3 is 0 Å². The van der Waals surface area contributed by atoms with Gasteiger partial charge in [-0.1, -0.05) is 23.2 Å². The van der Waals surface area contributed by atoms with Crippen molar-refractivity contribution in [2.24, 2.45) is 0 Å². The number of hydrogen-bond donors (Lipinski definition) is 1. The molecule has 3 nitrogen and oxygen atoms in total. The number of fused-ring (bicyclic) bond motifs is 1. The Labute approximate surface area is 109 Å². The average molecular weight is 268 g/mol. The van der Waals surface area contributed by atoms with E-state index in [0.29, 0.717) is 10.0 Å². The monoisotopic (exact) mass is 267 g/mol. The Kier molecular flexibility index (Phi) is 2.82. The van der Waals surface area contributed by atoms with Gasteiger partial charge < -0.3 is 9.88 Å². The van der Waals surface area contributed by atoms with E-state index < -0.39 is 0 Å². The van der Waals surface area contributed by atoms with E-state index in [1.165, 1.54) is 0 Å². The summed E-state index contributed by atoms with van der Waals surface area (Å²) in [5.74, 6) is 1.06. The molecule has 1 N–H and O–H groups in total. The third-order valence-corrected chi connectivity index (χ3v) is 3.33. The third kappa shape index (κ3) is 2.06. The van der Waals surface area contributed by atoms with Crippen molar-refractivity contribution in [3.05, 3.63) is 40.3 Å². The van der Waals surface area contributed by atoms with Crippen LogP contribution in [0.15, 0.2) is 24.4 Å². The standard InChI is InChI=1S/C12H11Cl2N3/c13-9-3-8(4-10(14)5-9)11-6-16-12-7-15-1-2-17(11)12/h3-6,15H,1-2,7H2. The van der Waals surface area contributed by atoms with Crippen molar-refractivity contribution < 1.29 is 0 Å². The maximum absolute atomic E-state index is 6.02. The first-order valence-corrected chi connectivity index (χ1v) is 6.21. The number of nitrogens with one attached hydrogen (secondary N) is 1. The number of benzene rings is 1. The number of halogens is 2. The molecule has 0 fully saturated rings. The molecule has 0 spiro atoms. The van der Waals surface area contributed by atoms with Crippen LogP contribution in [0.25, 0.3) is 11.3 Å². The Bertz CT molecular complexity index is 543. The Balaban J connectivity index is 2.11. The smallest absolute Gasteiger partial charge is 0.123 e. The second-order valence-corrected chi connectivity index (χ2v) is 4.92. The van der Waals surface area contributed by atoms with Gasteiger partial charge in [0.15, 0.2) is 0 Å². The summed E-state index contributed by atoms with van der Waals surface area (Å²) in [7, 11) is 0. The summed E-state index contributed by atoms with van der Waals surface area (Å²) in [4.78, 5) is 4.41. The molecule has 0 radical (unpaired) electrons. The summed E-state index contributed by atoms with van der Waals surface area (Å²) < 4.78 is 2.21. The van der Waals surface area contributed by atoms with Crippen molar-refractivity contribution in [2.75, 3.05) is 6.54 Å². The fourth-order valence-electron chi connectivity index (χ4n) is 2.13. The van der Waals surface area contributed by atoms with Crippen LogP contribution in [-0.2, 0) is 13.1 Å². The van der Waals surface area contributed by atoms with Gasteiger partial charge in [0.05, 0.1) is 18.4 Å². The quantitative estimate of drug-likeness (QED) is 0.861. The zero-order valence-electron chi connectivity index (χ0n) is 9.08. The molecule has 2 heterocycles. The van der Waals surface area contributed by atoms with Crippen LogP contribution in [0, 0.1) is 0 Å². The van der Waals surface area contributed by atoms with Gasteiger partial charge in [-0.05, 0) is 18.2 Å². The van der Waals surface area contributed by atoms with Crippen LogP contribution < -0.4 is 5.32 Å². The Hall–Kier alpha value is -1.03. The minimum absolute atomic E-state index is 0.650. The molecule has 3 rings (SSSR count). The first-order valence-electron chi connectivity index (χ1n) is 5.45. The maximum Gasteiger partial charge on any atom is 0.123 e. The van der Waals surface area contributed by atoms with Gasteiger partial charge in [-0.2, -0.15) is 0 Å². The van der Waals surface area contributed by atoms with E-state index in [0.717, 1.165) is 36.7 Å². The maximum atomic E-state index is 6.02. The highest BCUT2D eigenvalue weighted by molar-refractivity contribution is 6.35. The van der Waals surface area contributed by atoms with Gasteiger partial charge in [0.2, 0.25) is 0 Å². The van der Waals surface area contributed by atoms with Crippen molar-refractivity contribution in [1.82, 2.24) is 14.9 Å². The number of aromatic nitrogens is 2. The molecule has 0 aliphatic carbocycles. The fourth-order valence-corrected chi connectivity index (χ4v) is 2.65. The molecule has 1 aliphatic rings. The first-order chi connectivity index (χ1) is 8.24. The predicted molar refractivity (Wildman–Crippen MR) is 69.4 cm³/mol. The normalized spacial score (nSPS) is 14.7. The Morgan fingerprint density at radius 2 is 1.94 bits per heavy atom. The molecular formula is C12H11Cl2N3. The van der Waals surface area contributed by atoms with Gasteiger partial charge in [-0.3, -0.25) is 0 Å². The molecule has 0 atom stereocenters. The van der Waals surface area contributed by atoms with E-state index in [1.807, 2.05) is 18.3 Å². The second kappa shape index (κ2) is 4.33. The van der Waals surface area contributed by atoms with E-state index in [9.17, 15) is 0 Å². The molecule has 0 saturated carbocycles. The Morgan fingerprint density at radius 1 is 1.18 bits per heavy atom. The van der Waals surface area contributed by atoms with Crippen LogP contribution in [0.1, 0.15) is 5.82 Å².